The van der Waals surface area contributed by atoms with Crippen molar-refractivity contribution in [3.8, 4) is 11.3 Å². The van der Waals surface area contributed by atoms with E-state index in [1.54, 1.807) is 24.4 Å². The van der Waals surface area contributed by atoms with Crippen LogP contribution in [0.15, 0.2) is 90.0 Å². The third-order valence-corrected chi connectivity index (χ3v) is 4.49. The van der Waals surface area contributed by atoms with Gasteiger partial charge in [-0.15, -0.1) is 0 Å². The van der Waals surface area contributed by atoms with Crippen molar-refractivity contribution in [2.24, 2.45) is 5.10 Å². The number of carbonyl (C=O) groups is 1. The number of fused-ring (bicyclic) bond motifs is 1. The van der Waals surface area contributed by atoms with Crippen LogP contribution in [0.4, 0.5) is 0 Å². The van der Waals surface area contributed by atoms with E-state index in [0.717, 1.165) is 27.7 Å². The Morgan fingerprint density at radius 3 is 2.54 bits per heavy atom. The number of hydrogen-bond donors (Lipinski definition) is 1. The first kappa shape index (κ1) is 17.9. The maximum absolute atomic E-state index is 12.8. The Bertz CT molecular complexity index is 1170. The topological polar surface area (TPSA) is 54.4 Å². The third-order valence-electron chi connectivity index (χ3n) is 4.26. The van der Waals surface area contributed by atoms with Crippen LogP contribution in [0.2, 0.25) is 5.02 Å². The molecule has 0 fully saturated rings. The fourth-order valence-electron chi connectivity index (χ4n) is 2.93. The predicted molar refractivity (Wildman–Crippen MR) is 114 cm³/mol. The quantitative estimate of drug-likeness (QED) is 0.382. The van der Waals surface area contributed by atoms with Gasteiger partial charge < -0.3 is 0 Å². The van der Waals surface area contributed by atoms with E-state index >= 15 is 0 Å². The molecule has 4 aromatic rings. The molecular weight excluding hydrogens is 370 g/mol. The molecule has 4 nitrogen and oxygen atoms in total. The number of nitrogens with one attached hydrogen (secondary N) is 1. The lowest BCUT2D eigenvalue weighted by molar-refractivity contribution is 0.0957. The molecule has 1 amide bonds. The van der Waals surface area contributed by atoms with E-state index in [9.17, 15) is 4.79 Å². The van der Waals surface area contributed by atoms with E-state index in [2.05, 4.69) is 10.5 Å². The van der Waals surface area contributed by atoms with E-state index in [0.29, 0.717) is 10.6 Å². The highest BCUT2D eigenvalue weighted by atomic mass is 35.5. The molecule has 0 aliphatic carbocycles. The Kier molecular flexibility index (Phi) is 5.13. The summed E-state index contributed by atoms with van der Waals surface area (Å²) in [4.78, 5) is 17.5. The summed E-state index contributed by atoms with van der Waals surface area (Å²) >= 11 is 5.97. The second kappa shape index (κ2) is 8.03. The van der Waals surface area contributed by atoms with Crippen molar-refractivity contribution in [2.75, 3.05) is 0 Å². The number of halogens is 1. The molecule has 0 bridgehead atoms. The van der Waals surface area contributed by atoms with Gasteiger partial charge in [-0.05, 0) is 29.8 Å². The van der Waals surface area contributed by atoms with Crippen molar-refractivity contribution in [3.05, 3.63) is 101 Å². The first-order chi connectivity index (χ1) is 13.7. The number of amides is 1. The first-order valence-electron chi connectivity index (χ1n) is 8.75. The molecule has 0 atom stereocenters. The molecule has 0 spiro atoms. The van der Waals surface area contributed by atoms with E-state index in [1.807, 2.05) is 66.7 Å². The summed E-state index contributed by atoms with van der Waals surface area (Å²) in [7, 11) is 0. The van der Waals surface area contributed by atoms with Crippen LogP contribution in [-0.2, 0) is 0 Å². The summed E-state index contributed by atoms with van der Waals surface area (Å²) in [6.07, 6.45) is 1.56. The Balaban J connectivity index is 1.67. The minimum atomic E-state index is -0.297. The Morgan fingerprint density at radius 2 is 1.71 bits per heavy atom. The summed E-state index contributed by atoms with van der Waals surface area (Å²) in [5, 5.41) is 5.45. The van der Waals surface area contributed by atoms with Gasteiger partial charge in [0.25, 0.3) is 5.91 Å². The molecule has 0 unspecified atom stereocenters. The van der Waals surface area contributed by atoms with Gasteiger partial charge in [-0.2, -0.15) is 5.10 Å². The number of hydrazone groups is 1. The number of carbonyl (C=O) groups excluding carboxylic acids is 1. The van der Waals surface area contributed by atoms with Gasteiger partial charge in [-0.3, -0.25) is 4.79 Å². The van der Waals surface area contributed by atoms with Gasteiger partial charge in [-0.25, -0.2) is 10.4 Å². The van der Waals surface area contributed by atoms with Gasteiger partial charge in [0, 0.05) is 16.0 Å². The summed E-state index contributed by atoms with van der Waals surface area (Å²) in [5.74, 6) is -0.297. The third kappa shape index (κ3) is 3.92. The van der Waals surface area contributed by atoms with Crippen LogP contribution < -0.4 is 5.43 Å². The number of para-hydroxylation sites is 1. The SMILES string of the molecule is O=C(NN=Cc1cccc(Cl)c1)c1cc(-c2ccccc2)nc2ccccc12. The van der Waals surface area contributed by atoms with E-state index in [-0.39, 0.29) is 5.91 Å². The lowest BCUT2D eigenvalue weighted by Gasteiger charge is -2.09. The number of hydrogen-bond acceptors (Lipinski definition) is 3. The van der Waals surface area contributed by atoms with Gasteiger partial charge in [0.05, 0.1) is 23.0 Å². The number of benzene rings is 3. The van der Waals surface area contributed by atoms with E-state index < -0.39 is 0 Å². The molecule has 1 aromatic heterocycles. The fraction of sp³-hybridized carbons (Fsp3) is 0. The minimum Gasteiger partial charge on any atom is -0.267 e. The highest BCUT2D eigenvalue weighted by molar-refractivity contribution is 6.30. The molecule has 1 N–H and O–H groups in total. The summed E-state index contributed by atoms with van der Waals surface area (Å²) in [6, 6.07) is 26.4. The van der Waals surface area contributed by atoms with Gasteiger partial charge in [0.2, 0.25) is 0 Å². The van der Waals surface area contributed by atoms with E-state index in [1.165, 1.54) is 0 Å². The molecule has 0 aliphatic rings. The molecule has 3 aromatic carbocycles. The Morgan fingerprint density at radius 1 is 0.929 bits per heavy atom. The summed E-state index contributed by atoms with van der Waals surface area (Å²) in [5.41, 5.74) is 6.37. The minimum absolute atomic E-state index is 0.297. The summed E-state index contributed by atoms with van der Waals surface area (Å²) < 4.78 is 0. The number of nitrogens with zero attached hydrogens (tertiary/aromatic N) is 2. The molecule has 0 radical (unpaired) electrons. The van der Waals surface area contributed by atoms with Gasteiger partial charge in [-0.1, -0.05) is 72.3 Å². The zero-order valence-corrected chi connectivity index (χ0v) is 15.6. The first-order valence-corrected chi connectivity index (χ1v) is 9.13. The summed E-state index contributed by atoms with van der Waals surface area (Å²) in [6.45, 7) is 0. The predicted octanol–water partition coefficient (Wildman–Crippen LogP) is 5.32. The lowest BCUT2D eigenvalue weighted by atomic mass is 10.0. The average Bonchev–Trinajstić information content (AvgIpc) is 2.73. The smallest absolute Gasteiger partial charge is 0.267 e. The molecule has 0 saturated carbocycles. The normalized spacial score (nSPS) is 11.0. The van der Waals surface area contributed by atoms with Crippen molar-refractivity contribution in [1.82, 2.24) is 10.4 Å². The standard InChI is InChI=1S/C23H16ClN3O/c24-18-10-6-7-16(13-18)15-25-27-23(28)20-14-22(17-8-2-1-3-9-17)26-21-12-5-4-11-19(20)21/h1-15H,(H,27,28). The molecule has 5 heteroatoms. The number of aromatic nitrogens is 1. The number of pyridine rings is 1. The van der Waals surface area contributed by atoms with Crippen molar-refractivity contribution in [3.63, 3.8) is 0 Å². The fourth-order valence-corrected chi connectivity index (χ4v) is 3.13. The molecular formula is C23H16ClN3O. The Labute approximate surface area is 167 Å². The second-order valence-corrected chi connectivity index (χ2v) is 6.63. The van der Waals surface area contributed by atoms with Crippen molar-refractivity contribution < 1.29 is 4.79 Å². The highest BCUT2D eigenvalue weighted by Gasteiger charge is 2.13. The lowest BCUT2D eigenvalue weighted by Crippen LogP contribution is -2.18. The molecule has 4 rings (SSSR count). The molecule has 28 heavy (non-hydrogen) atoms. The van der Waals surface area contributed by atoms with Crippen LogP contribution in [-0.4, -0.2) is 17.1 Å². The zero-order chi connectivity index (χ0) is 19.3. The van der Waals surface area contributed by atoms with Gasteiger partial charge >= 0.3 is 0 Å². The van der Waals surface area contributed by atoms with Crippen LogP contribution >= 0.6 is 11.6 Å². The van der Waals surface area contributed by atoms with E-state index in [4.69, 9.17) is 16.6 Å². The van der Waals surface area contributed by atoms with Crippen molar-refractivity contribution in [2.45, 2.75) is 0 Å². The second-order valence-electron chi connectivity index (χ2n) is 6.19. The van der Waals surface area contributed by atoms with Crippen LogP contribution in [0.1, 0.15) is 15.9 Å². The van der Waals surface area contributed by atoms with Crippen LogP contribution in [0.25, 0.3) is 22.2 Å². The van der Waals surface area contributed by atoms with Crippen molar-refractivity contribution in [1.29, 1.82) is 0 Å². The molecule has 0 aliphatic heterocycles. The Hall–Kier alpha value is -3.50. The largest absolute Gasteiger partial charge is 0.272 e. The molecule has 1 heterocycles. The zero-order valence-electron chi connectivity index (χ0n) is 14.8. The monoisotopic (exact) mass is 385 g/mol. The van der Waals surface area contributed by atoms with Crippen LogP contribution in [0, 0.1) is 0 Å². The van der Waals surface area contributed by atoms with Gasteiger partial charge in [0.15, 0.2) is 0 Å². The van der Waals surface area contributed by atoms with Crippen LogP contribution in [0.5, 0.6) is 0 Å². The van der Waals surface area contributed by atoms with Gasteiger partial charge in [0.1, 0.15) is 0 Å². The average molecular weight is 386 g/mol. The molecule has 136 valence electrons. The maximum Gasteiger partial charge on any atom is 0.272 e. The maximum atomic E-state index is 12.8. The highest BCUT2D eigenvalue weighted by Crippen LogP contribution is 2.24. The van der Waals surface area contributed by atoms with Crippen LogP contribution in [0.3, 0.4) is 0 Å². The van der Waals surface area contributed by atoms with Crippen molar-refractivity contribution >= 4 is 34.6 Å². The molecule has 0 saturated heterocycles. The number of rotatable bonds is 4.